The van der Waals surface area contributed by atoms with Crippen molar-refractivity contribution in [2.75, 3.05) is 18.9 Å². The first kappa shape index (κ1) is 13.2. The van der Waals surface area contributed by atoms with Crippen molar-refractivity contribution in [2.24, 2.45) is 0 Å². The second-order valence-electron chi connectivity index (χ2n) is 4.15. The van der Waals surface area contributed by atoms with E-state index in [1.165, 1.54) is 18.7 Å². The number of amides is 1. The molecule has 19 heavy (non-hydrogen) atoms. The van der Waals surface area contributed by atoms with Gasteiger partial charge in [0, 0.05) is 18.5 Å². The van der Waals surface area contributed by atoms with Crippen LogP contribution in [0.4, 0.5) is 5.82 Å². The molecule has 1 amide bonds. The predicted octanol–water partition coefficient (Wildman–Crippen LogP) is 1.10. The molecule has 0 unspecified atom stereocenters. The third-order valence-electron chi connectivity index (χ3n) is 2.77. The van der Waals surface area contributed by atoms with E-state index in [0.29, 0.717) is 5.82 Å². The summed E-state index contributed by atoms with van der Waals surface area (Å²) in [7, 11) is 1.84. The standard InChI is InChI=1S/C12H15N5O2/c1-9(10-3-6-19-16-10)17(2)8-12(18)15-11-7-13-4-5-14-11/h3-7,9H,8H2,1-2H3,(H,14,15,18)/t9-/m0/s1. The SMILES string of the molecule is C[C@@H](c1ccon1)N(C)CC(=O)Nc1cnccn1. The molecule has 0 fully saturated rings. The third-order valence-corrected chi connectivity index (χ3v) is 2.77. The predicted molar refractivity (Wildman–Crippen MR) is 68.2 cm³/mol. The number of anilines is 1. The minimum Gasteiger partial charge on any atom is -0.364 e. The van der Waals surface area contributed by atoms with E-state index in [1.807, 2.05) is 18.9 Å². The second kappa shape index (κ2) is 6.05. The molecule has 0 aliphatic carbocycles. The summed E-state index contributed by atoms with van der Waals surface area (Å²) in [4.78, 5) is 21.6. The number of carbonyl (C=O) groups excluding carboxylic acids is 1. The molecule has 0 saturated heterocycles. The largest absolute Gasteiger partial charge is 0.364 e. The smallest absolute Gasteiger partial charge is 0.239 e. The number of carbonyl (C=O) groups is 1. The van der Waals surface area contributed by atoms with E-state index in [0.717, 1.165) is 5.69 Å². The van der Waals surface area contributed by atoms with Crippen LogP contribution in [0.15, 0.2) is 35.4 Å². The Labute approximate surface area is 110 Å². The number of hydrogen-bond donors (Lipinski definition) is 1. The van der Waals surface area contributed by atoms with Crippen LogP contribution in [0.25, 0.3) is 0 Å². The maximum absolute atomic E-state index is 11.8. The molecule has 0 bridgehead atoms. The molecular weight excluding hydrogens is 246 g/mol. The fourth-order valence-corrected chi connectivity index (χ4v) is 1.57. The Morgan fingerprint density at radius 1 is 1.53 bits per heavy atom. The molecule has 0 spiro atoms. The Balaban J connectivity index is 1.88. The minimum absolute atomic E-state index is 0.00800. The fraction of sp³-hybridized carbons (Fsp3) is 0.333. The normalized spacial score (nSPS) is 12.4. The van der Waals surface area contributed by atoms with Gasteiger partial charge >= 0.3 is 0 Å². The molecule has 7 heteroatoms. The Morgan fingerprint density at radius 2 is 2.37 bits per heavy atom. The van der Waals surface area contributed by atoms with Crippen molar-refractivity contribution >= 4 is 11.7 Å². The number of nitrogens with zero attached hydrogens (tertiary/aromatic N) is 4. The summed E-state index contributed by atoms with van der Waals surface area (Å²) in [5.41, 5.74) is 0.787. The zero-order chi connectivity index (χ0) is 13.7. The summed E-state index contributed by atoms with van der Waals surface area (Å²) in [5.74, 6) is 0.285. The van der Waals surface area contributed by atoms with Crippen LogP contribution in [0.2, 0.25) is 0 Å². The van der Waals surface area contributed by atoms with Crippen molar-refractivity contribution in [1.82, 2.24) is 20.0 Å². The molecule has 1 N–H and O–H groups in total. The second-order valence-corrected chi connectivity index (χ2v) is 4.15. The molecule has 0 saturated carbocycles. The third kappa shape index (κ3) is 3.59. The highest BCUT2D eigenvalue weighted by Crippen LogP contribution is 2.15. The summed E-state index contributed by atoms with van der Waals surface area (Å²) in [6.07, 6.45) is 6.09. The topological polar surface area (TPSA) is 84.2 Å². The summed E-state index contributed by atoms with van der Waals surface area (Å²) in [6, 6.07) is 1.77. The van der Waals surface area contributed by atoms with Crippen molar-refractivity contribution in [2.45, 2.75) is 13.0 Å². The van der Waals surface area contributed by atoms with E-state index >= 15 is 0 Å². The maximum Gasteiger partial charge on any atom is 0.239 e. The monoisotopic (exact) mass is 261 g/mol. The maximum atomic E-state index is 11.8. The molecule has 2 heterocycles. The first-order valence-electron chi connectivity index (χ1n) is 5.83. The van der Waals surface area contributed by atoms with Gasteiger partial charge in [0.2, 0.25) is 5.91 Å². The summed E-state index contributed by atoms with van der Waals surface area (Å²) in [5, 5.41) is 6.53. The number of aromatic nitrogens is 3. The van der Waals surface area contributed by atoms with Gasteiger partial charge in [0.25, 0.3) is 0 Å². The van der Waals surface area contributed by atoms with E-state index in [4.69, 9.17) is 4.52 Å². The molecule has 0 radical (unpaired) electrons. The van der Waals surface area contributed by atoms with Crippen LogP contribution in [0.1, 0.15) is 18.7 Å². The van der Waals surface area contributed by atoms with Crippen LogP contribution in [0.5, 0.6) is 0 Å². The van der Waals surface area contributed by atoms with Gasteiger partial charge in [0.05, 0.1) is 18.8 Å². The summed E-state index contributed by atoms with van der Waals surface area (Å²) >= 11 is 0. The molecular formula is C12H15N5O2. The van der Waals surface area contributed by atoms with Crippen LogP contribution >= 0.6 is 0 Å². The van der Waals surface area contributed by atoms with E-state index in [1.54, 1.807) is 12.3 Å². The van der Waals surface area contributed by atoms with Gasteiger partial charge in [0.1, 0.15) is 12.0 Å². The lowest BCUT2D eigenvalue weighted by Crippen LogP contribution is -2.32. The van der Waals surface area contributed by atoms with E-state index in [9.17, 15) is 4.79 Å². The van der Waals surface area contributed by atoms with Crippen molar-refractivity contribution in [3.8, 4) is 0 Å². The average molecular weight is 261 g/mol. The first-order valence-corrected chi connectivity index (χ1v) is 5.83. The van der Waals surface area contributed by atoms with Gasteiger partial charge in [-0.3, -0.25) is 14.7 Å². The van der Waals surface area contributed by atoms with Crippen LogP contribution in [-0.2, 0) is 4.79 Å². The van der Waals surface area contributed by atoms with Crippen LogP contribution < -0.4 is 5.32 Å². The molecule has 0 aliphatic rings. The number of nitrogens with one attached hydrogen (secondary N) is 1. The Kier molecular flexibility index (Phi) is 4.19. The molecule has 100 valence electrons. The number of hydrogen-bond acceptors (Lipinski definition) is 6. The number of rotatable bonds is 5. The molecule has 1 atom stereocenters. The summed E-state index contributed by atoms with van der Waals surface area (Å²) in [6.45, 7) is 2.18. The quantitative estimate of drug-likeness (QED) is 0.867. The fourth-order valence-electron chi connectivity index (χ4n) is 1.57. The first-order chi connectivity index (χ1) is 9.16. The lowest BCUT2D eigenvalue weighted by Gasteiger charge is -2.21. The molecule has 0 aromatic carbocycles. The van der Waals surface area contributed by atoms with E-state index in [2.05, 4.69) is 20.4 Å². The lowest BCUT2D eigenvalue weighted by molar-refractivity contribution is -0.117. The Morgan fingerprint density at radius 3 is 3.00 bits per heavy atom. The van der Waals surface area contributed by atoms with Crippen LogP contribution in [0, 0.1) is 0 Å². The molecule has 2 aromatic heterocycles. The highest BCUT2D eigenvalue weighted by atomic mass is 16.5. The van der Waals surface area contributed by atoms with Gasteiger partial charge in [-0.05, 0) is 14.0 Å². The van der Waals surface area contributed by atoms with Gasteiger partial charge in [-0.1, -0.05) is 5.16 Å². The number of likely N-dealkylation sites (N-methyl/N-ethyl adjacent to an activating group) is 1. The van der Waals surface area contributed by atoms with E-state index in [-0.39, 0.29) is 18.5 Å². The van der Waals surface area contributed by atoms with Gasteiger partial charge in [0.15, 0.2) is 5.82 Å². The minimum atomic E-state index is -0.154. The Bertz CT molecular complexity index is 514. The van der Waals surface area contributed by atoms with Crippen molar-refractivity contribution in [3.05, 3.63) is 36.6 Å². The highest BCUT2D eigenvalue weighted by molar-refractivity contribution is 5.91. The van der Waals surface area contributed by atoms with Crippen LogP contribution in [-0.4, -0.2) is 39.5 Å². The van der Waals surface area contributed by atoms with E-state index < -0.39 is 0 Å². The van der Waals surface area contributed by atoms with Gasteiger partial charge in [-0.15, -0.1) is 0 Å². The highest BCUT2D eigenvalue weighted by Gasteiger charge is 2.17. The zero-order valence-electron chi connectivity index (χ0n) is 10.8. The summed E-state index contributed by atoms with van der Waals surface area (Å²) < 4.78 is 4.79. The van der Waals surface area contributed by atoms with Gasteiger partial charge in [-0.2, -0.15) is 0 Å². The average Bonchev–Trinajstić information content (AvgIpc) is 2.92. The molecule has 7 nitrogen and oxygen atoms in total. The van der Waals surface area contributed by atoms with Crippen LogP contribution in [0.3, 0.4) is 0 Å². The molecule has 2 aromatic rings. The Hall–Kier alpha value is -2.28. The zero-order valence-corrected chi connectivity index (χ0v) is 10.8. The lowest BCUT2D eigenvalue weighted by atomic mass is 10.2. The van der Waals surface area contributed by atoms with Crippen molar-refractivity contribution in [1.29, 1.82) is 0 Å². The van der Waals surface area contributed by atoms with Crippen molar-refractivity contribution in [3.63, 3.8) is 0 Å². The molecule has 0 aliphatic heterocycles. The van der Waals surface area contributed by atoms with Gasteiger partial charge < -0.3 is 9.84 Å². The van der Waals surface area contributed by atoms with Gasteiger partial charge in [-0.25, -0.2) is 4.98 Å². The van der Waals surface area contributed by atoms with Crippen molar-refractivity contribution < 1.29 is 9.32 Å². The molecule has 2 rings (SSSR count).